The Morgan fingerprint density at radius 2 is 1.61 bits per heavy atom. The zero-order valence-electron chi connectivity index (χ0n) is 18.8. The number of nitrogens with zero attached hydrogens (tertiary/aromatic N) is 5. The van der Waals surface area contributed by atoms with Crippen molar-refractivity contribution in [1.82, 2.24) is 14.1 Å². The average molecular weight is 434 g/mol. The number of carbonyl (C=O) groups excluding carboxylic acids is 1. The topological polar surface area (TPSA) is 55.4 Å². The van der Waals surface area contributed by atoms with Crippen LogP contribution in [0.5, 0.6) is 0 Å². The molecule has 2 aromatic heterocycles. The quantitative estimate of drug-likeness (QED) is 0.383. The first-order chi connectivity index (χ1) is 16.1. The highest BCUT2D eigenvalue weighted by atomic mass is 16.2. The second-order valence-electron chi connectivity index (χ2n) is 8.42. The van der Waals surface area contributed by atoms with Crippen molar-refractivity contribution in [2.75, 3.05) is 19.0 Å². The Morgan fingerprint density at radius 1 is 0.909 bits per heavy atom. The third-order valence-electron chi connectivity index (χ3n) is 6.31. The first-order valence-electron chi connectivity index (χ1n) is 11.1. The van der Waals surface area contributed by atoms with Gasteiger partial charge in [-0.25, -0.2) is 9.98 Å². The summed E-state index contributed by atoms with van der Waals surface area (Å²) >= 11 is 0. The lowest BCUT2D eigenvalue weighted by atomic mass is 10.0. The van der Waals surface area contributed by atoms with Gasteiger partial charge < -0.3 is 9.47 Å². The van der Waals surface area contributed by atoms with E-state index in [2.05, 4.69) is 22.5 Å². The van der Waals surface area contributed by atoms with Gasteiger partial charge in [0.15, 0.2) is 5.82 Å². The lowest BCUT2D eigenvalue weighted by Crippen LogP contribution is -2.29. The molecule has 0 saturated carbocycles. The number of hydrogen-bond acceptors (Lipinski definition) is 4. The third-order valence-corrected chi connectivity index (χ3v) is 6.31. The van der Waals surface area contributed by atoms with Crippen LogP contribution >= 0.6 is 0 Å². The molecule has 6 rings (SSSR count). The highest BCUT2D eigenvalue weighted by molar-refractivity contribution is 6.28. The second kappa shape index (κ2) is 7.17. The van der Waals surface area contributed by atoms with Crippen LogP contribution in [-0.2, 0) is 6.54 Å². The highest BCUT2D eigenvalue weighted by Crippen LogP contribution is 2.35. The van der Waals surface area contributed by atoms with Crippen molar-refractivity contribution < 1.29 is 4.79 Å². The Bertz CT molecular complexity index is 1580. The maximum absolute atomic E-state index is 13.9. The molecule has 0 unspecified atom stereocenters. The van der Waals surface area contributed by atoms with Crippen molar-refractivity contribution in [3.63, 3.8) is 0 Å². The summed E-state index contributed by atoms with van der Waals surface area (Å²) < 4.78 is 3.90. The van der Waals surface area contributed by atoms with Gasteiger partial charge in [0.25, 0.3) is 5.91 Å². The summed E-state index contributed by atoms with van der Waals surface area (Å²) in [4.78, 5) is 25.9. The van der Waals surface area contributed by atoms with Crippen LogP contribution in [0.1, 0.15) is 28.8 Å². The van der Waals surface area contributed by atoms with E-state index in [-0.39, 0.29) is 5.91 Å². The lowest BCUT2D eigenvalue weighted by molar-refractivity contribution is 0.0963. The third kappa shape index (κ3) is 2.77. The van der Waals surface area contributed by atoms with Gasteiger partial charge in [0.05, 0.1) is 28.0 Å². The van der Waals surface area contributed by atoms with Crippen LogP contribution < -0.4 is 4.90 Å². The molecule has 0 N–H and O–H groups in total. The molecular formula is C27H23N5O. The summed E-state index contributed by atoms with van der Waals surface area (Å²) in [7, 11) is 4.03. The van der Waals surface area contributed by atoms with E-state index in [0.29, 0.717) is 11.4 Å². The van der Waals surface area contributed by atoms with Crippen LogP contribution in [0, 0.1) is 0 Å². The van der Waals surface area contributed by atoms with Gasteiger partial charge in [-0.2, -0.15) is 0 Å². The SMILES string of the molecule is CCn1c2c(c3ccccc31)C(=O)n1c(nc3ccccc31)C2=Nc1ccc(N(C)C)cc1. The van der Waals surface area contributed by atoms with E-state index in [1.54, 1.807) is 4.57 Å². The normalized spacial score (nSPS) is 14.2. The molecule has 5 aromatic rings. The minimum Gasteiger partial charge on any atom is -0.378 e. The molecule has 0 atom stereocenters. The second-order valence-corrected chi connectivity index (χ2v) is 8.42. The van der Waals surface area contributed by atoms with Crippen molar-refractivity contribution in [2.45, 2.75) is 13.5 Å². The fraction of sp³-hybridized carbons (Fsp3) is 0.148. The zero-order chi connectivity index (χ0) is 22.7. The van der Waals surface area contributed by atoms with Crippen LogP contribution in [0.3, 0.4) is 0 Å². The monoisotopic (exact) mass is 433 g/mol. The maximum atomic E-state index is 13.9. The predicted molar refractivity (Wildman–Crippen MR) is 133 cm³/mol. The van der Waals surface area contributed by atoms with Gasteiger partial charge in [-0.3, -0.25) is 9.36 Å². The van der Waals surface area contributed by atoms with Gasteiger partial charge in [-0.15, -0.1) is 0 Å². The summed E-state index contributed by atoms with van der Waals surface area (Å²) in [5.41, 5.74) is 6.78. The van der Waals surface area contributed by atoms with Gasteiger partial charge in [-0.1, -0.05) is 30.3 Å². The van der Waals surface area contributed by atoms with Gasteiger partial charge in [-0.05, 0) is 49.4 Å². The molecule has 33 heavy (non-hydrogen) atoms. The van der Waals surface area contributed by atoms with E-state index in [9.17, 15) is 4.79 Å². The average Bonchev–Trinajstić information content (AvgIpc) is 3.38. The molecule has 162 valence electrons. The number of para-hydroxylation sites is 3. The Balaban J connectivity index is 1.70. The van der Waals surface area contributed by atoms with E-state index in [1.165, 1.54) is 0 Å². The number of benzene rings is 3. The lowest BCUT2D eigenvalue weighted by Gasteiger charge is -2.19. The van der Waals surface area contributed by atoms with Gasteiger partial charge in [0.2, 0.25) is 0 Å². The van der Waals surface area contributed by atoms with Crippen molar-refractivity contribution in [3.05, 3.63) is 89.9 Å². The molecule has 3 aromatic carbocycles. The van der Waals surface area contributed by atoms with Gasteiger partial charge in [0, 0.05) is 37.2 Å². The fourth-order valence-corrected chi connectivity index (χ4v) is 4.76. The van der Waals surface area contributed by atoms with E-state index >= 15 is 0 Å². The van der Waals surface area contributed by atoms with E-state index < -0.39 is 0 Å². The maximum Gasteiger partial charge on any atom is 0.267 e. The summed E-state index contributed by atoms with van der Waals surface area (Å²) in [5, 5.41) is 0.943. The van der Waals surface area contributed by atoms with E-state index in [0.717, 1.165) is 51.3 Å². The summed E-state index contributed by atoms with van der Waals surface area (Å²) in [5.74, 6) is 0.530. The molecule has 1 aliphatic heterocycles. The molecule has 0 radical (unpaired) electrons. The fourth-order valence-electron chi connectivity index (χ4n) is 4.76. The van der Waals surface area contributed by atoms with Crippen LogP contribution in [0.15, 0.2) is 77.8 Å². The Hall–Kier alpha value is -4.19. The number of anilines is 1. The molecule has 6 nitrogen and oxygen atoms in total. The molecular weight excluding hydrogens is 410 g/mol. The predicted octanol–water partition coefficient (Wildman–Crippen LogP) is 5.25. The first-order valence-corrected chi connectivity index (χ1v) is 11.1. The Kier molecular flexibility index (Phi) is 4.23. The Labute approximate surface area is 191 Å². The minimum atomic E-state index is -0.0565. The number of carbonyl (C=O) groups is 1. The number of hydrogen-bond donors (Lipinski definition) is 0. The smallest absolute Gasteiger partial charge is 0.267 e. The highest BCUT2D eigenvalue weighted by Gasteiger charge is 2.36. The number of imidazole rings is 1. The molecule has 0 saturated heterocycles. The van der Waals surface area contributed by atoms with Crippen molar-refractivity contribution >= 4 is 44.9 Å². The molecule has 3 heterocycles. The molecule has 0 fully saturated rings. The van der Waals surface area contributed by atoms with Crippen molar-refractivity contribution in [1.29, 1.82) is 0 Å². The number of fused-ring (bicyclic) bond motifs is 6. The summed E-state index contributed by atoms with van der Waals surface area (Å²) in [6.45, 7) is 2.82. The molecule has 6 heteroatoms. The number of rotatable bonds is 3. The van der Waals surface area contributed by atoms with Crippen LogP contribution in [-0.4, -0.2) is 39.8 Å². The van der Waals surface area contributed by atoms with Crippen LogP contribution in [0.25, 0.3) is 21.9 Å². The van der Waals surface area contributed by atoms with Crippen molar-refractivity contribution in [2.24, 2.45) is 4.99 Å². The van der Waals surface area contributed by atoms with E-state index in [1.807, 2.05) is 80.8 Å². The Morgan fingerprint density at radius 3 is 2.33 bits per heavy atom. The molecule has 1 aliphatic rings. The largest absolute Gasteiger partial charge is 0.378 e. The summed E-state index contributed by atoms with van der Waals surface area (Å²) in [6, 6.07) is 23.9. The first kappa shape index (κ1) is 19.5. The number of aryl methyl sites for hydroxylation is 1. The standard InChI is InChI=1S/C27H23N5O/c1-4-31-21-11-7-5-9-19(21)23-25(31)24(28-17-13-15-18(16-14-17)30(2)3)26-29-20-10-6-8-12-22(20)32(26)27(23)33/h5-16H,4H2,1-3H3. The van der Waals surface area contributed by atoms with Crippen molar-refractivity contribution in [3.8, 4) is 0 Å². The van der Waals surface area contributed by atoms with Gasteiger partial charge in [0.1, 0.15) is 5.71 Å². The van der Waals surface area contributed by atoms with E-state index in [4.69, 9.17) is 9.98 Å². The zero-order valence-corrected chi connectivity index (χ0v) is 18.8. The van der Waals surface area contributed by atoms with Crippen LogP contribution in [0.4, 0.5) is 11.4 Å². The molecule has 0 aliphatic carbocycles. The molecule has 0 bridgehead atoms. The van der Waals surface area contributed by atoms with Gasteiger partial charge >= 0.3 is 0 Å². The van der Waals surface area contributed by atoms with Crippen LogP contribution in [0.2, 0.25) is 0 Å². The number of aliphatic imine (C=N–C) groups is 1. The summed E-state index contributed by atoms with van der Waals surface area (Å²) in [6.07, 6.45) is 0. The molecule has 0 amide bonds. The molecule has 0 spiro atoms. The minimum absolute atomic E-state index is 0.0565. The number of aromatic nitrogens is 3.